The molecular weight excluding hydrogens is 246 g/mol. The summed E-state index contributed by atoms with van der Waals surface area (Å²) in [4.78, 5) is 11.6. The van der Waals surface area contributed by atoms with E-state index in [0.717, 1.165) is 23.6 Å². The molecular formula is C13H15N3O3. The van der Waals surface area contributed by atoms with Crippen LogP contribution in [0, 0.1) is 0 Å². The summed E-state index contributed by atoms with van der Waals surface area (Å²) in [6.45, 7) is 0.632. The Labute approximate surface area is 110 Å². The van der Waals surface area contributed by atoms with Gasteiger partial charge in [0.1, 0.15) is 5.82 Å². The molecule has 1 aliphatic heterocycles. The largest absolute Gasteiger partial charge is 0.493 e. The van der Waals surface area contributed by atoms with Gasteiger partial charge in [0, 0.05) is 13.0 Å². The zero-order valence-electron chi connectivity index (χ0n) is 10.9. The Morgan fingerprint density at radius 1 is 1.21 bits per heavy atom. The van der Waals surface area contributed by atoms with Gasteiger partial charge < -0.3 is 9.47 Å². The summed E-state index contributed by atoms with van der Waals surface area (Å²) in [7, 11) is 3.24. The van der Waals surface area contributed by atoms with Crippen LogP contribution in [0.5, 0.6) is 11.5 Å². The van der Waals surface area contributed by atoms with Gasteiger partial charge in [0.25, 0.3) is 0 Å². The van der Waals surface area contributed by atoms with Crippen LogP contribution in [-0.2, 0) is 19.4 Å². The molecule has 0 spiro atoms. The van der Waals surface area contributed by atoms with Crippen molar-refractivity contribution in [3.05, 3.63) is 39.6 Å². The normalized spacial score (nSPS) is 13.4. The van der Waals surface area contributed by atoms with E-state index in [2.05, 4.69) is 10.2 Å². The first-order valence-corrected chi connectivity index (χ1v) is 6.10. The second-order valence-electron chi connectivity index (χ2n) is 4.50. The van der Waals surface area contributed by atoms with Crippen molar-refractivity contribution in [2.24, 2.45) is 0 Å². The Kier molecular flexibility index (Phi) is 2.77. The number of nitrogens with zero attached hydrogens (tertiary/aromatic N) is 2. The van der Waals surface area contributed by atoms with Gasteiger partial charge >= 0.3 is 5.69 Å². The monoisotopic (exact) mass is 261 g/mol. The minimum atomic E-state index is -0.151. The first-order valence-electron chi connectivity index (χ1n) is 6.10. The number of hydrogen-bond acceptors (Lipinski definition) is 4. The Balaban J connectivity index is 2.09. The van der Waals surface area contributed by atoms with Crippen LogP contribution < -0.4 is 15.2 Å². The van der Waals surface area contributed by atoms with Crippen molar-refractivity contribution in [2.45, 2.75) is 19.4 Å². The third-order valence-electron chi connectivity index (χ3n) is 3.50. The Morgan fingerprint density at radius 2 is 1.89 bits per heavy atom. The zero-order chi connectivity index (χ0) is 13.4. The SMILES string of the molecule is COc1cc2c(cc1OC)Cc1n[nH]c(=O)n1CC2. The van der Waals surface area contributed by atoms with Gasteiger partial charge in [-0.15, -0.1) is 0 Å². The van der Waals surface area contributed by atoms with E-state index in [1.54, 1.807) is 18.8 Å². The zero-order valence-corrected chi connectivity index (χ0v) is 10.9. The van der Waals surface area contributed by atoms with E-state index in [-0.39, 0.29) is 5.69 Å². The fourth-order valence-corrected chi connectivity index (χ4v) is 2.48. The maximum atomic E-state index is 11.6. The number of nitrogens with one attached hydrogen (secondary N) is 1. The molecule has 0 bridgehead atoms. The minimum absolute atomic E-state index is 0.151. The smallest absolute Gasteiger partial charge is 0.343 e. The van der Waals surface area contributed by atoms with Crippen LogP contribution in [0.2, 0.25) is 0 Å². The lowest BCUT2D eigenvalue weighted by Gasteiger charge is -2.12. The number of aromatic amines is 1. The molecule has 2 heterocycles. The first-order chi connectivity index (χ1) is 9.22. The van der Waals surface area contributed by atoms with Crippen LogP contribution in [0.3, 0.4) is 0 Å². The molecule has 0 aliphatic carbocycles. The highest BCUT2D eigenvalue weighted by atomic mass is 16.5. The molecule has 6 heteroatoms. The van der Waals surface area contributed by atoms with E-state index in [1.165, 1.54) is 5.56 Å². The highest BCUT2D eigenvalue weighted by Gasteiger charge is 2.19. The van der Waals surface area contributed by atoms with Crippen LogP contribution in [0.25, 0.3) is 0 Å². The topological polar surface area (TPSA) is 69.1 Å². The van der Waals surface area contributed by atoms with E-state index < -0.39 is 0 Å². The molecule has 1 aliphatic rings. The van der Waals surface area contributed by atoms with Crippen molar-refractivity contribution in [2.75, 3.05) is 14.2 Å². The fraction of sp³-hybridized carbons (Fsp3) is 0.385. The number of H-pyrrole nitrogens is 1. The van der Waals surface area contributed by atoms with Gasteiger partial charge in [-0.1, -0.05) is 0 Å². The molecule has 1 aromatic carbocycles. The maximum Gasteiger partial charge on any atom is 0.343 e. The molecule has 0 saturated carbocycles. The molecule has 1 N–H and O–H groups in total. The van der Waals surface area contributed by atoms with Crippen molar-refractivity contribution in [1.29, 1.82) is 0 Å². The second-order valence-corrected chi connectivity index (χ2v) is 4.50. The number of hydrogen-bond donors (Lipinski definition) is 1. The van der Waals surface area contributed by atoms with Crippen molar-refractivity contribution < 1.29 is 9.47 Å². The summed E-state index contributed by atoms with van der Waals surface area (Å²) in [6, 6.07) is 3.94. The van der Waals surface area contributed by atoms with Gasteiger partial charge in [0.05, 0.1) is 14.2 Å². The number of rotatable bonds is 2. The van der Waals surface area contributed by atoms with Crippen molar-refractivity contribution in [1.82, 2.24) is 14.8 Å². The van der Waals surface area contributed by atoms with E-state index in [9.17, 15) is 4.79 Å². The lowest BCUT2D eigenvalue weighted by molar-refractivity contribution is 0.354. The van der Waals surface area contributed by atoms with Gasteiger partial charge in [-0.25, -0.2) is 9.89 Å². The predicted octanol–water partition coefficient (Wildman–Crippen LogP) is 0.735. The van der Waals surface area contributed by atoms with E-state index in [1.807, 2.05) is 12.1 Å². The van der Waals surface area contributed by atoms with E-state index in [4.69, 9.17) is 9.47 Å². The number of ether oxygens (including phenoxy) is 2. The van der Waals surface area contributed by atoms with Crippen molar-refractivity contribution in [3.8, 4) is 11.5 Å². The summed E-state index contributed by atoms with van der Waals surface area (Å²) >= 11 is 0. The quantitative estimate of drug-likeness (QED) is 0.865. The number of benzene rings is 1. The van der Waals surface area contributed by atoms with Gasteiger partial charge in [0.15, 0.2) is 11.5 Å². The van der Waals surface area contributed by atoms with Crippen LogP contribution in [0.15, 0.2) is 16.9 Å². The average Bonchev–Trinajstić information content (AvgIpc) is 2.68. The summed E-state index contributed by atoms with van der Waals surface area (Å²) in [5, 5.41) is 6.56. The molecule has 0 radical (unpaired) electrons. The maximum absolute atomic E-state index is 11.6. The minimum Gasteiger partial charge on any atom is -0.493 e. The summed E-state index contributed by atoms with van der Waals surface area (Å²) in [5.41, 5.74) is 2.14. The summed E-state index contributed by atoms with van der Waals surface area (Å²) in [5.74, 6) is 2.18. The predicted molar refractivity (Wildman–Crippen MR) is 68.9 cm³/mol. The molecule has 0 unspecified atom stereocenters. The summed E-state index contributed by atoms with van der Waals surface area (Å²) < 4.78 is 12.3. The molecule has 6 nitrogen and oxygen atoms in total. The molecule has 0 atom stereocenters. The second kappa shape index (κ2) is 4.46. The van der Waals surface area contributed by atoms with Gasteiger partial charge in [-0.05, 0) is 29.7 Å². The van der Waals surface area contributed by atoms with Crippen LogP contribution in [0.1, 0.15) is 17.0 Å². The van der Waals surface area contributed by atoms with Crippen LogP contribution in [-0.4, -0.2) is 29.0 Å². The molecule has 19 heavy (non-hydrogen) atoms. The summed E-state index contributed by atoms with van der Waals surface area (Å²) in [6.07, 6.45) is 1.40. The van der Waals surface area contributed by atoms with Crippen LogP contribution in [0.4, 0.5) is 0 Å². The third kappa shape index (κ3) is 1.89. The molecule has 0 fully saturated rings. The molecule has 1 aromatic heterocycles. The molecule has 100 valence electrons. The van der Waals surface area contributed by atoms with E-state index in [0.29, 0.717) is 18.7 Å². The molecule has 0 saturated heterocycles. The Morgan fingerprint density at radius 3 is 2.58 bits per heavy atom. The van der Waals surface area contributed by atoms with Crippen molar-refractivity contribution >= 4 is 0 Å². The lowest BCUT2D eigenvalue weighted by atomic mass is 10.0. The Hall–Kier alpha value is -2.24. The number of aryl methyl sites for hydroxylation is 1. The van der Waals surface area contributed by atoms with Gasteiger partial charge in [0.2, 0.25) is 0 Å². The fourth-order valence-electron chi connectivity index (χ4n) is 2.48. The first kappa shape index (κ1) is 11.8. The molecule has 3 rings (SSSR count). The van der Waals surface area contributed by atoms with Gasteiger partial charge in [-0.2, -0.15) is 5.10 Å². The van der Waals surface area contributed by atoms with Gasteiger partial charge in [-0.3, -0.25) is 4.57 Å². The van der Waals surface area contributed by atoms with Crippen molar-refractivity contribution in [3.63, 3.8) is 0 Å². The average molecular weight is 261 g/mol. The molecule has 2 aromatic rings. The molecule has 0 amide bonds. The highest BCUT2D eigenvalue weighted by molar-refractivity contribution is 5.48. The van der Waals surface area contributed by atoms with Crippen LogP contribution >= 0.6 is 0 Å². The highest BCUT2D eigenvalue weighted by Crippen LogP contribution is 2.32. The lowest BCUT2D eigenvalue weighted by Crippen LogP contribution is -2.18. The Bertz CT molecular complexity index is 672. The number of aromatic nitrogens is 3. The standard InChI is InChI=1S/C13H15N3O3/c1-18-10-5-8-3-4-16-12(14-15-13(16)17)7-9(8)6-11(10)19-2/h5-6H,3-4,7H2,1-2H3,(H,15,17). The third-order valence-corrected chi connectivity index (χ3v) is 3.50. The number of methoxy groups -OCH3 is 2. The van der Waals surface area contributed by atoms with E-state index >= 15 is 0 Å². The number of fused-ring (bicyclic) bond motifs is 2.